The second kappa shape index (κ2) is 7.35. The lowest BCUT2D eigenvalue weighted by atomic mass is 10.1. The highest BCUT2D eigenvalue weighted by atomic mass is 16.1. The van der Waals surface area contributed by atoms with Crippen LogP contribution in [0.5, 0.6) is 0 Å². The Labute approximate surface area is 167 Å². The van der Waals surface area contributed by atoms with Crippen molar-refractivity contribution >= 4 is 28.4 Å². The first-order valence-corrected chi connectivity index (χ1v) is 9.41. The minimum absolute atomic E-state index is 0.229. The topological polar surface area (TPSA) is 93.4 Å². The minimum atomic E-state index is -0.341. The van der Waals surface area contributed by atoms with Crippen LogP contribution < -0.4 is 21.2 Å². The zero-order valence-electron chi connectivity index (χ0n) is 16.3. The molecule has 7 heteroatoms. The molecule has 4 aromatic rings. The fraction of sp³-hybridized carbons (Fsp3) is 0.182. The summed E-state index contributed by atoms with van der Waals surface area (Å²) in [5.74, 6) is -0.0517. The molecule has 146 valence electrons. The molecule has 0 aliphatic rings. The molecular weight excluding hydrogens is 366 g/mol. The molecule has 1 amide bonds. The van der Waals surface area contributed by atoms with Crippen molar-refractivity contribution in [2.75, 3.05) is 12.8 Å². The van der Waals surface area contributed by atoms with Gasteiger partial charge in [0, 0.05) is 25.2 Å². The van der Waals surface area contributed by atoms with Crippen molar-refractivity contribution in [2.24, 2.45) is 0 Å². The first-order chi connectivity index (χ1) is 14.0. The number of nitrogen functional groups attached to an aromatic ring is 1. The molecule has 0 atom stereocenters. The molecule has 7 nitrogen and oxygen atoms in total. The van der Waals surface area contributed by atoms with Gasteiger partial charge in [0.25, 0.3) is 17.1 Å². The lowest BCUT2D eigenvalue weighted by molar-refractivity contribution is -0.658. The Hall–Kier alpha value is -3.74. The summed E-state index contributed by atoms with van der Waals surface area (Å²) in [7, 11) is 1.54. The number of fused-ring (bicyclic) bond motifs is 2. The van der Waals surface area contributed by atoms with E-state index in [1.165, 1.54) is 17.5 Å². The number of carbonyl (C=O) groups is 1. The molecule has 3 heterocycles. The summed E-state index contributed by atoms with van der Waals surface area (Å²) in [4.78, 5) is 30.3. The largest absolute Gasteiger partial charge is 0.355 e. The summed E-state index contributed by atoms with van der Waals surface area (Å²) >= 11 is 0. The number of pyridine rings is 2. The first kappa shape index (κ1) is 18.6. The number of nitrogens with zero attached hydrogens (tertiary/aromatic N) is 3. The summed E-state index contributed by atoms with van der Waals surface area (Å²) in [6.07, 6.45) is 2.37. The number of nitrogens with two attached hydrogens (primary N) is 1. The highest BCUT2D eigenvalue weighted by Gasteiger charge is 2.24. The Bertz CT molecular complexity index is 1300. The van der Waals surface area contributed by atoms with Gasteiger partial charge in [-0.15, -0.1) is 0 Å². The Balaban J connectivity index is 2.00. The van der Waals surface area contributed by atoms with E-state index in [4.69, 9.17) is 10.7 Å². The zero-order valence-corrected chi connectivity index (χ0v) is 16.3. The minimum Gasteiger partial charge on any atom is -0.355 e. The molecule has 0 radical (unpaired) electrons. The predicted octanol–water partition coefficient (Wildman–Crippen LogP) is 1.63. The van der Waals surface area contributed by atoms with E-state index in [1.807, 2.05) is 43.3 Å². The molecule has 0 unspecified atom stereocenters. The van der Waals surface area contributed by atoms with Gasteiger partial charge in [-0.05, 0) is 24.6 Å². The Kier molecular flexibility index (Phi) is 4.72. The van der Waals surface area contributed by atoms with Crippen molar-refractivity contribution < 1.29 is 9.36 Å². The van der Waals surface area contributed by atoms with Gasteiger partial charge in [0.2, 0.25) is 11.5 Å². The summed E-state index contributed by atoms with van der Waals surface area (Å²) in [6.45, 7) is 2.40. The van der Waals surface area contributed by atoms with Gasteiger partial charge in [0.1, 0.15) is 10.9 Å². The number of anilines is 1. The van der Waals surface area contributed by atoms with Crippen LogP contribution in [-0.2, 0) is 13.0 Å². The van der Waals surface area contributed by atoms with Crippen molar-refractivity contribution in [1.29, 1.82) is 0 Å². The smallest absolute Gasteiger partial charge is 0.278 e. The number of nitrogens with one attached hydrogen (secondary N) is 1. The number of carbonyl (C=O) groups excluding carboxylic acids is 1. The normalized spacial score (nSPS) is 11.1. The molecule has 0 bridgehead atoms. The van der Waals surface area contributed by atoms with Crippen LogP contribution in [0.25, 0.3) is 16.7 Å². The maximum Gasteiger partial charge on any atom is 0.278 e. The standard InChI is InChI=1S/C22H21N5O2/c1-14-7-6-11-27-19(14)25-20-17(22(27)29)13-16(21(28)24-2)18(23)26(20)12-10-15-8-4-3-5-9-15/h3-9,11,13,23H,10,12H2,1-2H3,(H,24,28)/p+1. The van der Waals surface area contributed by atoms with Crippen LogP contribution in [0.3, 0.4) is 0 Å². The van der Waals surface area contributed by atoms with Crippen molar-refractivity contribution in [3.63, 3.8) is 0 Å². The van der Waals surface area contributed by atoms with Crippen LogP contribution in [0.1, 0.15) is 21.5 Å². The third-order valence-electron chi connectivity index (χ3n) is 5.11. The molecule has 0 aliphatic carbocycles. The second-order valence-electron chi connectivity index (χ2n) is 6.95. The van der Waals surface area contributed by atoms with E-state index in [9.17, 15) is 9.59 Å². The maximum absolute atomic E-state index is 13.2. The Morgan fingerprint density at radius 2 is 1.97 bits per heavy atom. The third-order valence-corrected chi connectivity index (χ3v) is 5.11. The molecule has 0 aliphatic heterocycles. The monoisotopic (exact) mass is 388 g/mol. The number of hydrogen-bond acceptors (Lipinski definition) is 4. The predicted molar refractivity (Wildman–Crippen MR) is 112 cm³/mol. The van der Waals surface area contributed by atoms with Gasteiger partial charge in [-0.3, -0.25) is 14.0 Å². The van der Waals surface area contributed by atoms with Crippen LogP contribution in [0.15, 0.2) is 59.5 Å². The zero-order chi connectivity index (χ0) is 20.5. The van der Waals surface area contributed by atoms with Crippen molar-refractivity contribution in [1.82, 2.24) is 14.7 Å². The molecule has 3 aromatic heterocycles. The maximum atomic E-state index is 13.2. The highest BCUT2D eigenvalue weighted by molar-refractivity contribution is 6.00. The average Bonchev–Trinajstić information content (AvgIpc) is 2.74. The fourth-order valence-corrected chi connectivity index (χ4v) is 3.54. The van der Waals surface area contributed by atoms with Crippen molar-refractivity contribution in [3.8, 4) is 0 Å². The number of amides is 1. The van der Waals surface area contributed by atoms with Crippen molar-refractivity contribution in [3.05, 3.63) is 81.8 Å². The lowest BCUT2D eigenvalue weighted by Crippen LogP contribution is -2.43. The van der Waals surface area contributed by atoms with Gasteiger partial charge < -0.3 is 11.1 Å². The molecular formula is C22H22N5O2+. The van der Waals surface area contributed by atoms with Crippen LogP contribution in [0.4, 0.5) is 5.82 Å². The van der Waals surface area contributed by atoms with Gasteiger partial charge in [-0.2, -0.15) is 0 Å². The quantitative estimate of drug-likeness (QED) is 0.410. The molecule has 1 aromatic carbocycles. The van der Waals surface area contributed by atoms with Gasteiger partial charge >= 0.3 is 0 Å². The van der Waals surface area contributed by atoms with Gasteiger partial charge in [0.15, 0.2) is 0 Å². The van der Waals surface area contributed by atoms with E-state index in [0.717, 1.165) is 11.1 Å². The summed E-state index contributed by atoms with van der Waals surface area (Å²) in [5, 5.41) is 2.95. The summed E-state index contributed by atoms with van der Waals surface area (Å²) < 4.78 is 3.27. The van der Waals surface area contributed by atoms with Crippen LogP contribution in [0.2, 0.25) is 0 Å². The van der Waals surface area contributed by atoms with E-state index in [0.29, 0.717) is 29.6 Å². The lowest BCUT2D eigenvalue weighted by Gasteiger charge is -2.12. The second-order valence-corrected chi connectivity index (χ2v) is 6.95. The molecule has 0 spiro atoms. The van der Waals surface area contributed by atoms with Crippen LogP contribution >= 0.6 is 0 Å². The molecule has 29 heavy (non-hydrogen) atoms. The molecule has 3 N–H and O–H groups in total. The van der Waals surface area contributed by atoms with Gasteiger partial charge in [0.05, 0.1) is 6.54 Å². The molecule has 0 saturated carbocycles. The van der Waals surface area contributed by atoms with E-state index in [2.05, 4.69) is 5.32 Å². The average molecular weight is 388 g/mol. The van der Waals surface area contributed by atoms with E-state index in [1.54, 1.807) is 16.8 Å². The SMILES string of the molecule is CNC(=O)c1cc2c(=O)n3cccc(C)c3nc2[n+](CCc2ccccc2)c1N. The number of hydrogen-bond donors (Lipinski definition) is 2. The number of aromatic nitrogens is 3. The fourth-order valence-electron chi connectivity index (χ4n) is 3.54. The summed E-state index contributed by atoms with van der Waals surface area (Å²) in [6, 6.07) is 15.2. The van der Waals surface area contributed by atoms with E-state index >= 15 is 0 Å². The first-order valence-electron chi connectivity index (χ1n) is 9.41. The molecule has 0 fully saturated rings. The van der Waals surface area contributed by atoms with Crippen LogP contribution in [0, 0.1) is 6.92 Å². The number of rotatable bonds is 4. The summed E-state index contributed by atoms with van der Waals surface area (Å²) in [5.41, 5.74) is 9.48. The van der Waals surface area contributed by atoms with Gasteiger partial charge in [-0.1, -0.05) is 41.4 Å². The van der Waals surface area contributed by atoms with Crippen molar-refractivity contribution in [2.45, 2.75) is 19.9 Å². The number of benzene rings is 1. The van der Waals surface area contributed by atoms with Gasteiger partial charge in [-0.25, -0.2) is 4.57 Å². The van der Waals surface area contributed by atoms with E-state index < -0.39 is 0 Å². The molecule has 0 saturated heterocycles. The highest BCUT2D eigenvalue weighted by Crippen LogP contribution is 2.16. The third kappa shape index (κ3) is 3.20. The number of aryl methyl sites for hydroxylation is 3. The Morgan fingerprint density at radius 3 is 2.69 bits per heavy atom. The van der Waals surface area contributed by atoms with E-state index in [-0.39, 0.29) is 22.8 Å². The van der Waals surface area contributed by atoms with Crippen LogP contribution in [-0.4, -0.2) is 22.3 Å². The molecule has 4 rings (SSSR count). The Morgan fingerprint density at radius 1 is 1.21 bits per heavy atom.